The van der Waals surface area contributed by atoms with Crippen molar-refractivity contribution in [2.24, 2.45) is 0 Å². The summed E-state index contributed by atoms with van der Waals surface area (Å²) in [6, 6.07) is 2.81. The molecule has 7 heteroatoms. The van der Waals surface area contributed by atoms with Gasteiger partial charge in [-0.3, -0.25) is 10.4 Å². The Hall–Kier alpha value is -1.54. The Kier molecular flexibility index (Phi) is 3.58. The van der Waals surface area contributed by atoms with Crippen LogP contribution in [0.15, 0.2) is 12.1 Å². The van der Waals surface area contributed by atoms with E-state index in [2.05, 4.69) is 0 Å². The van der Waals surface area contributed by atoms with Gasteiger partial charge in [0.15, 0.2) is 0 Å². The molecule has 18 heavy (non-hydrogen) atoms. The van der Waals surface area contributed by atoms with E-state index in [0.717, 1.165) is 25.9 Å². The number of anilines is 3. The van der Waals surface area contributed by atoms with E-state index in [1.165, 1.54) is 6.07 Å². The molecule has 0 saturated carbocycles. The highest BCUT2D eigenvalue weighted by Gasteiger charge is 2.18. The fraction of sp³-hybridized carbons (Fsp3) is 0.455. The highest BCUT2D eigenvalue weighted by molar-refractivity contribution is 5.78. The highest BCUT2D eigenvalue weighted by Crippen LogP contribution is 2.36. The predicted molar refractivity (Wildman–Crippen MR) is 67.9 cm³/mol. The van der Waals surface area contributed by atoms with Crippen LogP contribution >= 0.6 is 0 Å². The smallest absolute Gasteiger partial charge is 0.0993 e. The van der Waals surface area contributed by atoms with Crippen molar-refractivity contribution in [2.45, 2.75) is 19.8 Å². The standard InChI is InChI=1S/C11H15N3O4/c1-8-6-10(12-4-2-3-5-12)11(14(17)18)7-9(8)13(15)16/h6-7,15-16H,2-5H2,1H3/q-2. The molecular weight excluding hydrogens is 238 g/mol. The number of hydrogen-bond acceptors (Lipinski definition) is 7. The molecule has 1 aliphatic rings. The summed E-state index contributed by atoms with van der Waals surface area (Å²) >= 11 is 0. The van der Waals surface area contributed by atoms with E-state index in [-0.39, 0.29) is 16.6 Å². The van der Waals surface area contributed by atoms with Crippen molar-refractivity contribution in [1.29, 1.82) is 0 Å². The molecular formula is C11H15N3O4-2. The first-order valence-electron chi connectivity index (χ1n) is 5.72. The van der Waals surface area contributed by atoms with Crippen molar-refractivity contribution in [3.05, 3.63) is 28.1 Å². The van der Waals surface area contributed by atoms with Crippen molar-refractivity contribution in [3.8, 4) is 0 Å². The van der Waals surface area contributed by atoms with Crippen LogP contribution in [-0.4, -0.2) is 23.5 Å². The summed E-state index contributed by atoms with van der Waals surface area (Å²) < 4.78 is 0. The van der Waals surface area contributed by atoms with Crippen LogP contribution in [-0.2, 0) is 0 Å². The van der Waals surface area contributed by atoms with Crippen LogP contribution in [0, 0.1) is 17.3 Å². The van der Waals surface area contributed by atoms with E-state index in [1.807, 2.05) is 4.90 Å². The van der Waals surface area contributed by atoms with Crippen LogP contribution in [0.3, 0.4) is 0 Å². The topological polar surface area (TPSA) is 96.3 Å². The molecule has 100 valence electrons. The van der Waals surface area contributed by atoms with Gasteiger partial charge < -0.3 is 20.5 Å². The maximum atomic E-state index is 11.1. The molecule has 1 heterocycles. The van der Waals surface area contributed by atoms with Crippen LogP contribution < -0.4 is 15.4 Å². The van der Waals surface area contributed by atoms with Crippen LogP contribution in [0.5, 0.6) is 0 Å². The first kappa shape index (κ1) is 12.9. The van der Waals surface area contributed by atoms with E-state index in [4.69, 9.17) is 10.4 Å². The maximum absolute atomic E-state index is 11.1. The van der Waals surface area contributed by atoms with Crippen LogP contribution in [0.25, 0.3) is 0 Å². The van der Waals surface area contributed by atoms with Gasteiger partial charge in [-0.05, 0) is 37.5 Å². The molecule has 1 aromatic rings. The van der Waals surface area contributed by atoms with Gasteiger partial charge in [-0.15, -0.1) is 5.23 Å². The lowest BCUT2D eigenvalue weighted by molar-refractivity contribution is 0.0289. The Morgan fingerprint density at radius 3 is 2.22 bits per heavy atom. The van der Waals surface area contributed by atoms with Gasteiger partial charge in [-0.2, -0.15) is 0 Å². The van der Waals surface area contributed by atoms with Crippen molar-refractivity contribution >= 4 is 17.1 Å². The molecule has 1 saturated heterocycles. The number of benzene rings is 1. The summed E-state index contributed by atoms with van der Waals surface area (Å²) in [5.41, 5.74) is 1.03. The molecule has 1 fully saturated rings. The first-order chi connectivity index (χ1) is 8.50. The van der Waals surface area contributed by atoms with Crippen molar-refractivity contribution in [3.63, 3.8) is 0 Å². The van der Waals surface area contributed by atoms with Crippen molar-refractivity contribution < 1.29 is 10.4 Å². The monoisotopic (exact) mass is 253 g/mol. The first-order valence-corrected chi connectivity index (χ1v) is 5.72. The molecule has 0 aliphatic carbocycles. The summed E-state index contributed by atoms with van der Waals surface area (Å²) in [5, 5.41) is 39.6. The number of aryl methyl sites for hydroxylation is 1. The van der Waals surface area contributed by atoms with Gasteiger partial charge >= 0.3 is 0 Å². The van der Waals surface area contributed by atoms with Crippen molar-refractivity contribution in [2.75, 3.05) is 28.4 Å². The molecule has 0 amide bonds. The van der Waals surface area contributed by atoms with Gasteiger partial charge in [-0.25, -0.2) is 0 Å². The third kappa shape index (κ3) is 2.34. The molecule has 0 unspecified atom stereocenters. The average molecular weight is 253 g/mol. The van der Waals surface area contributed by atoms with E-state index in [9.17, 15) is 10.4 Å². The molecule has 2 N–H and O–H groups in total. The Labute approximate surface area is 105 Å². The molecule has 0 radical (unpaired) electrons. The molecule has 1 aliphatic heterocycles. The quantitative estimate of drug-likeness (QED) is 0.795. The minimum Gasteiger partial charge on any atom is -0.769 e. The molecule has 1 aromatic carbocycles. The Bertz CT molecular complexity index is 431. The van der Waals surface area contributed by atoms with Crippen LogP contribution in [0.4, 0.5) is 17.1 Å². The average Bonchev–Trinajstić information content (AvgIpc) is 2.80. The highest BCUT2D eigenvalue weighted by atomic mass is 16.8. The van der Waals surface area contributed by atoms with E-state index < -0.39 is 5.23 Å². The molecule has 0 atom stereocenters. The van der Waals surface area contributed by atoms with Gasteiger partial charge in [0.25, 0.3) is 0 Å². The SMILES string of the molecule is Cc1cc(N2CCCC2)c(N([O-])[O-])cc1N(O)O. The summed E-state index contributed by atoms with van der Waals surface area (Å²) in [6.45, 7) is 3.27. The third-order valence-electron chi connectivity index (χ3n) is 3.15. The molecule has 0 bridgehead atoms. The fourth-order valence-corrected chi connectivity index (χ4v) is 2.24. The number of nitrogens with zero attached hydrogens (tertiary/aromatic N) is 3. The van der Waals surface area contributed by atoms with Gasteiger partial charge in [-0.1, -0.05) is 0 Å². The lowest BCUT2D eigenvalue weighted by Gasteiger charge is -2.41. The van der Waals surface area contributed by atoms with Gasteiger partial charge in [0, 0.05) is 18.8 Å². The van der Waals surface area contributed by atoms with Gasteiger partial charge in [0.05, 0.1) is 11.4 Å². The minimum atomic E-state index is -0.500. The van der Waals surface area contributed by atoms with Gasteiger partial charge in [0.1, 0.15) is 0 Å². The maximum Gasteiger partial charge on any atom is 0.0993 e. The summed E-state index contributed by atoms with van der Waals surface area (Å²) in [4.78, 5) is 1.95. The van der Waals surface area contributed by atoms with Crippen LogP contribution in [0.2, 0.25) is 0 Å². The number of rotatable bonds is 3. The van der Waals surface area contributed by atoms with E-state index in [0.29, 0.717) is 11.3 Å². The second-order valence-corrected chi connectivity index (χ2v) is 4.37. The Morgan fingerprint density at radius 2 is 1.72 bits per heavy atom. The Morgan fingerprint density at radius 1 is 1.11 bits per heavy atom. The lowest BCUT2D eigenvalue weighted by atomic mass is 10.1. The molecule has 0 spiro atoms. The molecule has 7 nitrogen and oxygen atoms in total. The summed E-state index contributed by atoms with van der Waals surface area (Å²) in [6.07, 6.45) is 2.04. The fourth-order valence-electron chi connectivity index (χ4n) is 2.24. The van der Waals surface area contributed by atoms with Crippen LogP contribution in [0.1, 0.15) is 18.4 Å². The van der Waals surface area contributed by atoms with E-state index >= 15 is 0 Å². The normalized spacial score (nSPS) is 15.1. The summed E-state index contributed by atoms with van der Waals surface area (Å²) in [7, 11) is 0. The largest absolute Gasteiger partial charge is 0.769 e. The van der Waals surface area contributed by atoms with E-state index in [1.54, 1.807) is 13.0 Å². The van der Waals surface area contributed by atoms with Crippen molar-refractivity contribution in [1.82, 2.24) is 0 Å². The molecule has 0 aromatic heterocycles. The zero-order valence-corrected chi connectivity index (χ0v) is 10.0. The third-order valence-corrected chi connectivity index (χ3v) is 3.15. The predicted octanol–water partition coefficient (Wildman–Crippen LogP) is 1.98. The zero-order valence-electron chi connectivity index (χ0n) is 10.0. The minimum absolute atomic E-state index is 0.0182. The molecule has 2 rings (SSSR count). The second-order valence-electron chi connectivity index (χ2n) is 4.37. The zero-order chi connectivity index (χ0) is 13.3. The lowest BCUT2D eigenvalue weighted by Crippen LogP contribution is -2.22. The van der Waals surface area contributed by atoms with Gasteiger partial charge in [0.2, 0.25) is 0 Å². The summed E-state index contributed by atoms with van der Waals surface area (Å²) in [5.74, 6) is 0. The second kappa shape index (κ2) is 4.99. The number of hydrogen-bond donors (Lipinski definition) is 2. The Balaban J connectivity index is 2.47.